The molecular formula is C19H24BrN3O. The van der Waals surface area contributed by atoms with Crippen molar-refractivity contribution in [1.82, 2.24) is 9.80 Å². The lowest BCUT2D eigenvalue weighted by Gasteiger charge is -2.25. The van der Waals surface area contributed by atoms with Crippen molar-refractivity contribution in [3.05, 3.63) is 64.1 Å². The van der Waals surface area contributed by atoms with Crippen molar-refractivity contribution in [2.75, 3.05) is 32.5 Å². The smallest absolute Gasteiger partial charge is 0.319 e. The molecule has 4 nitrogen and oxygen atoms in total. The molecular weight excluding hydrogens is 366 g/mol. The molecule has 0 radical (unpaired) electrons. The van der Waals surface area contributed by atoms with E-state index in [2.05, 4.69) is 26.1 Å². The molecule has 0 bridgehead atoms. The van der Waals surface area contributed by atoms with E-state index in [4.69, 9.17) is 0 Å². The van der Waals surface area contributed by atoms with Gasteiger partial charge in [-0.05, 0) is 50.8 Å². The summed E-state index contributed by atoms with van der Waals surface area (Å²) < 4.78 is 1.04. The van der Waals surface area contributed by atoms with Crippen LogP contribution in [0.15, 0.2) is 53.0 Å². The van der Waals surface area contributed by atoms with E-state index in [1.165, 1.54) is 5.56 Å². The van der Waals surface area contributed by atoms with Gasteiger partial charge in [-0.15, -0.1) is 0 Å². The topological polar surface area (TPSA) is 35.6 Å². The second-order valence-corrected chi connectivity index (χ2v) is 7.06. The number of nitrogens with one attached hydrogen (secondary N) is 1. The molecule has 5 heteroatoms. The SMILES string of the molecule is Cc1ccc(NC(=O)N(CCN(C)C)Cc2ccc(Br)cc2)cc1. The Morgan fingerprint density at radius 2 is 1.62 bits per heavy atom. The Bertz CT molecular complexity index is 653. The van der Waals surface area contributed by atoms with Gasteiger partial charge in [-0.2, -0.15) is 0 Å². The quantitative estimate of drug-likeness (QED) is 0.796. The molecule has 0 saturated heterocycles. The molecule has 0 unspecified atom stereocenters. The predicted octanol–water partition coefficient (Wildman–Crippen LogP) is 4.35. The van der Waals surface area contributed by atoms with Gasteiger partial charge in [0.2, 0.25) is 0 Å². The minimum atomic E-state index is -0.0800. The Hall–Kier alpha value is -1.85. The number of benzene rings is 2. The Morgan fingerprint density at radius 3 is 2.21 bits per heavy atom. The normalized spacial score (nSPS) is 10.7. The third kappa shape index (κ3) is 5.98. The lowest BCUT2D eigenvalue weighted by Crippen LogP contribution is -2.39. The third-order valence-corrected chi connectivity index (χ3v) is 4.22. The Balaban J connectivity index is 2.07. The standard InChI is InChI=1S/C19H24BrN3O/c1-15-4-10-18(11-5-15)21-19(24)23(13-12-22(2)3)14-16-6-8-17(20)9-7-16/h4-11H,12-14H2,1-3H3,(H,21,24). The predicted molar refractivity (Wildman–Crippen MR) is 103 cm³/mol. The van der Waals surface area contributed by atoms with Gasteiger partial charge in [0.25, 0.3) is 0 Å². The van der Waals surface area contributed by atoms with Crippen LogP contribution < -0.4 is 5.32 Å². The van der Waals surface area contributed by atoms with Crippen molar-refractivity contribution in [2.24, 2.45) is 0 Å². The summed E-state index contributed by atoms with van der Waals surface area (Å²) >= 11 is 3.44. The second-order valence-electron chi connectivity index (χ2n) is 6.15. The summed E-state index contributed by atoms with van der Waals surface area (Å²) in [6.45, 7) is 4.10. The molecule has 128 valence electrons. The highest BCUT2D eigenvalue weighted by atomic mass is 79.9. The first kappa shape index (κ1) is 18.5. The van der Waals surface area contributed by atoms with Crippen molar-refractivity contribution >= 4 is 27.6 Å². The first-order valence-electron chi connectivity index (χ1n) is 7.96. The van der Waals surface area contributed by atoms with Crippen LogP contribution in [0.3, 0.4) is 0 Å². The molecule has 24 heavy (non-hydrogen) atoms. The van der Waals surface area contributed by atoms with Gasteiger partial charge >= 0.3 is 6.03 Å². The van der Waals surface area contributed by atoms with Crippen molar-refractivity contribution in [1.29, 1.82) is 0 Å². The molecule has 0 aliphatic carbocycles. The molecule has 0 aliphatic heterocycles. The molecule has 0 aromatic heterocycles. The largest absolute Gasteiger partial charge is 0.322 e. The summed E-state index contributed by atoms with van der Waals surface area (Å²) in [5.41, 5.74) is 3.10. The molecule has 0 fully saturated rings. The number of carbonyl (C=O) groups is 1. The van der Waals surface area contributed by atoms with E-state index < -0.39 is 0 Å². The average Bonchev–Trinajstić information content (AvgIpc) is 2.55. The van der Waals surface area contributed by atoms with Crippen LogP contribution in [0.1, 0.15) is 11.1 Å². The van der Waals surface area contributed by atoms with Crippen molar-refractivity contribution < 1.29 is 4.79 Å². The Morgan fingerprint density at radius 1 is 1.00 bits per heavy atom. The van der Waals surface area contributed by atoms with Gasteiger partial charge in [-0.3, -0.25) is 0 Å². The van der Waals surface area contributed by atoms with Gasteiger partial charge in [0.1, 0.15) is 0 Å². The van der Waals surface area contributed by atoms with E-state index in [-0.39, 0.29) is 6.03 Å². The molecule has 0 heterocycles. The maximum absolute atomic E-state index is 12.7. The molecule has 1 N–H and O–H groups in total. The van der Waals surface area contributed by atoms with Crippen LogP contribution in [0.25, 0.3) is 0 Å². The summed E-state index contributed by atoms with van der Waals surface area (Å²) in [5, 5.41) is 2.98. The number of likely N-dealkylation sites (N-methyl/N-ethyl adjacent to an activating group) is 1. The van der Waals surface area contributed by atoms with E-state index >= 15 is 0 Å². The van der Waals surface area contributed by atoms with Crippen LogP contribution in [0.4, 0.5) is 10.5 Å². The number of nitrogens with zero attached hydrogens (tertiary/aromatic N) is 2. The highest BCUT2D eigenvalue weighted by Gasteiger charge is 2.14. The molecule has 2 amide bonds. The van der Waals surface area contributed by atoms with E-state index in [0.29, 0.717) is 13.1 Å². The number of halogens is 1. The summed E-state index contributed by atoms with van der Waals surface area (Å²) in [6, 6.07) is 15.8. The fourth-order valence-electron chi connectivity index (χ4n) is 2.22. The van der Waals surface area contributed by atoms with Crippen LogP contribution in [0.5, 0.6) is 0 Å². The number of amides is 2. The number of rotatable bonds is 6. The van der Waals surface area contributed by atoms with Crippen LogP contribution in [-0.2, 0) is 6.54 Å². The highest BCUT2D eigenvalue weighted by Crippen LogP contribution is 2.14. The zero-order valence-electron chi connectivity index (χ0n) is 14.4. The minimum absolute atomic E-state index is 0.0800. The van der Waals surface area contributed by atoms with Crippen molar-refractivity contribution in [3.8, 4) is 0 Å². The fourth-order valence-corrected chi connectivity index (χ4v) is 2.49. The van der Waals surface area contributed by atoms with Gasteiger partial charge in [0.05, 0.1) is 0 Å². The van der Waals surface area contributed by atoms with E-state index in [1.807, 2.05) is 74.4 Å². The molecule has 2 aromatic carbocycles. The van der Waals surface area contributed by atoms with Gasteiger partial charge in [-0.1, -0.05) is 45.8 Å². The molecule has 0 aliphatic rings. The number of anilines is 1. The van der Waals surface area contributed by atoms with Crippen molar-refractivity contribution in [2.45, 2.75) is 13.5 Å². The van der Waals surface area contributed by atoms with E-state index in [0.717, 1.165) is 22.3 Å². The summed E-state index contributed by atoms with van der Waals surface area (Å²) in [6.07, 6.45) is 0. The summed E-state index contributed by atoms with van der Waals surface area (Å²) in [4.78, 5) is 16.6. The average molecular weight is 390 g/mol. The number of urea groups is 1. The zero-order chi connectivity index (χ0) is 17.5. The van der Waals surface area contributed by atoms with Gasteiger partial charge < -0.3 is 15.1 Å². The summed E-state index contributed by atoms with van der Waals surface area (Å²) in [7, 11) is 4.02. The molecule has 0 spiro atoms. The number of aryl methyl sites for hydroxylation is 1. The Kier molecular flexibility index (Phi) is 6.82. The monoisotopic (exact) mass is 389 g/mol. The van der Waals surface area contributed by atoms with Crippen molar-refractivity contribution in [3.63, 3.8) is 0 Å². The highest BCUT2D eigenvalue weighted by molar-refractivity contribution is 9.10. The summed E-state index contributed by atoms with van der Waals surface area (Å²) in [5.74, 6) is 0. The van der Waals surface area contributed by atoms with Gasteiger partial charge in [0, 0.05) is 29.8 Å². The molecule has 2 aromatic rings. The molecule has 0 saturated carbocycles. The van der Waals surface area contributed by atoms with E-state index in [9.17, 15) is 4.79 Å². The number of hydrogen-bond acceptors (Lipinski definition) is 2. The van der Waals surface area contributed by atoms with Crippen LogP contribution in [0, 0.1) is 6.92 Å². The third-order valence-electron chi connectivity index (χ3n) is 3.69. The second kappa shape index (κ2) is 8.85. The van der Waals surface area contributed by atoms with Crippen LogP contribution in [-0.4, -0.2) is 43.0 Å². The Labute approximate surface area is 152 Å². The number of carbonyl (C=O) groups excluding carboxylic acids is 1. The minimum Gasteiger partial charge on any atom is -0.319 e. The first-order chi connectivity index (χ1) is 11.4. The zero-order valence-corrected chi connectivity index (χ0v) is 16.0. The lowest BCUT2D eigenvalue weighted by atomic mass is 10.2. The maximum atomic E-state index is 12.7. The van der Waals surface area contributed by atoms with E-state index in [1.54, 1.807) is 0 Å². The van der Waals surface area contributed by atoms with Crippen LogP contribution in [0.2, 0.25) is 0 Å². The molecule has 2 rings (SSSR count). The lowest BCUT2D eigenvalue weighted by molar-refractivity contribution is 0.202. The fraction of sp³-hybridized carbons (Fsp3) is 0.316. The number of hydrogen-bond donors (Lipinski definition) is 1. The van der Waals surface area contributed by atoms with Crippen LogP contribution >= 0.6 is 15.9 Å². The molecule has 0 atom stereocenters. The maximum Gasteiger partial charge on any atom is 0.322 e. The first-order valence-corrected chi connectivity index (χ1v) is 8.75. The van der Waals surface area contributed by atoms with Gasteiger partial charge in [-0.25, -0.2) is 4.79 Å². The van der Waals surface area contributed by atoms with Gasteiger partial charge in [0.15, 0.2) is 0 Å².